The first kappa shape index (κ1) is 18.7. The molecule has 0 fully saturated rings. The van der Waals surface area contributed by atoms with Crippen LogP contribution in [-0.2, 0) is 0 Å². The summed E-state index contributed by atoms with van der Waals surface area (Å²) < 4.78 is 1.85. The van der Waals surface area contributed by atoms with E-state index in [1.54, 1.807) is 0 Å². The third kappa shape index (κ3) is 4.48. The van der Waals surface area contributed by atoms with E-state index in [1.807, 2.05) is 18.2 Å². The van der Waals surface area contributed by atoms with Gasteiger partial charge < -0.3 is 5.32 Å². The summed E-state index contributed by atoms with van der Waals surface area (Å²) in [6.07, 6.45) is 0. The standard InChI is InChI=1S/C15H11BrIN3O3S/c1-8-10(3-2-4-13(8)20(22)23)14(21)19-15(24)18-12-6-5-9(16)7-11(12)17/h2-7H,1H3,(H2,18,19,21,24). The summed E-state index contributed by atoms with van der Waals surface area (Å²) in [6, 6.07) is 9.91. The van der Waals surface area contributed by atoms with Crippen LogP contribution in [0.4, 0.5) is 11.4 Å². The number of nitrogens with one attached hydrogen (secondary N) is 2. The van der Waals surface area contributed by atoms with Crippen molar-refractivity contribution in [1.29, 1.82) is 0 Å². The number of halogens is 2. The van der Waals surface area contributed by atoms with E-state index >= 15 is 0 Å². The van der Waals surface area contributed by atoms with Crippen molar-refractivity contribution in [1.82, 2.24) is 5.32 Å². The van der Waals surface area contributed by atoms with Gasteiger partial charge >= 0.3 is 0 Å². The largest absolute Gasteiger partial charge is 0.332 e. The van der Waals surface area contributed by atoms with Crippen molar-refractivity contribution in [3.63, 3.8) is 0 Å². The molecule has 0 aliphatic rings. The summed E-state index contributed by atoms with van der Waals surface area (Å²) in [6.45, 7) is 1.53. The summed E-state index contributed by atoms with van der Waals surface area (Å²) in [4.78, 5) is 22.7. The summed E-state index contributed by atoms with van der Waals surface area (Å²) in [7, 11) is 0. The van der Waals surface area contributed by atoms with E-state index in [0.717, 1.165) is 13.7 Å². The first-order valence-corrected chi connectivity index (χ1v) is 8.89. The first-order chi connectivity index (χ1) is 11.3. The fourth-order valence-corrected chi connectivity index (χ4v) is 3.62. The van der Waals surface area contributed by atoms with Crippen LogP contribution in [0, 0.1) is 20.6 Å². The Hall–Kier alpha value is -1.59. The minimum Gasteiger partial charge on any atom is -0.332 e. The van der Waals surface area contributed by atoms with Gasteiger partial charge in [-0.25, -0.2) is 0 Å². The van der Waals surface area contributed by atoms with Crippen molar-refractivity contribution in [2.45, 2.75) is 6.92 Å². The molecule has 6 nitrogen and oxygen atoms in total. The van der Waals surface area contributed by atoms with Crippen LogP contribution >= 0.6 is 50.7 Å². The number of nitro groups is 1. The zero-order valence-corrected chi connectivity index (χ0v) is 16.9. The topological polar surface area (TPSA) is 84.3 Å². The quantitative estimate of drug-likeness (QED) is 0.272. The number of anilines is 1. The molecule has 2 aromatic rings. The summed E-state index contributed by atoms with van der Waals surface area (Å²) in [5, 5.41) is 16.5. The Kier molecular flexibility index (Phi) is 6.24. The number of amides is 1. The van der Waals surface area contributed by atoms with Gasteiger partial charge in [0.05, 0.1) is 10.6 Å². The number of hydrogen-bond acceptors (Lipinski definition) is 4. The maximum Gasteiger partial charge on any atom is 0.273 e. The molecule has 2 aromatic carbocycles. The number of nitrogens with zero attached hydrogens (tertiary/aromatic N) is 1. The number of carbonyl (C=O) groups is 1. The lowest BCUT2D eigenvalue weighted by molar-refractivity contribution is -0.385. The highest BCUT2D eigenvalue weighted by Crippen LogP contribution is 2.23. The van der Waals surface area contributed by atoms with Gasteiger partial charge in [-0.2, -0.15) is 0 Å². The lowest BCUT2D eigenvalue weighted by Crippen LogP contribution is -2.34. The minimum absolute atomic E-state index is 0.107. The van der Waals surface area contributed by atoms with Gasteiger partial charge in [-0.05, 0) is 66.0 Å². The van der Waals surface area contributed by atoms with E-state index in [1.165, 1.54) is 25.1 Å². The molecule has 0 bridgehead atoms. The van der Waals surface area contributed by atoms with Crippen molar-refractivity contribution >= 4 is 73.1 Å². The zero-order valence-electron chi connectivity index (χ0n) is 12.3. The highest BCUT2D eigenvalue weighted by molar-refractivity contribution is 14.1. The van der Waals surface area contributed by atoms with E-state index < -0.39 is 10.8 Å². The maximum atomic E-state index is 12.3. The molecule has 0 aliphatic heterocycles. The number of carbonyl (C=O) groups excluding carboxylic acids is 1. The Morgan fingerprint density at radius 1 is 1.33 bits per heavy atom. The molecular formula is C15H11BrIN3O3S. The molecule has 0 aliphatic carbocycles. The van der Waals surface area contributed by atoms with Gasteiger partial charge in [0.2, 0.25) is 0 Å². The normalized spacial score (nSPS) is 10.1. The lowest BCUT2D eigenvalue weighted by Gasteiger charge is -2.12. The second-order valence-corrected chi connectivity index (χ2v) is 7.23. The third-order valence-corrected chi connectivity index (χ3v) is 4.74. The van der Waals surface area contributed by atoms with Crippen LogP contribution < -0.4 is 10.6 Å². The van der Waals surface area contributed by atoms with Crippen LogP contribution in [0.15, 0.2) is 40.9 Å². The Morgan fingerprint density at radius 2 is 2.04 bits per heavy atom. The van der Waals surface area contributed by atoms with Gasteiger partial charge in [-0.1, -0.05) is 22.0 Å². The fraction of sp³-hybridized carbons (Fsp3) is 0.0667. The predicted molar refractivity (Wildman–Crippen MR) is 108 cm³/mol. The Morgan fingerprint density at radius 3 is 2.67 bits per heavy atom. The summed E-state index contributed by atoms with van der Waals surface area (Å²) in [5.74, 6) is -0.499. The molecule has 0 unspecified atom stereocenters. The smallest absolute Gasteiger partial charge is 0.273 e. The van der Waals surface area contributed by atoms with E-state index in [2.05, 4.69) is 49.2 Å². The molecule has 0 heterocycles. The molecule has 0 spiro atoms. The van der Waals surface area contributed by atoms with Crippen molar-refractivity contribution in [3.8, 4) is 0 Å². The average Bonchev–Trinajstić information content (AvgIpc) is 2.49. The lowest BCUT2D eigenvalue weighted by atomic mass is 10.1. The predicted octanol–water partition coefficient (Wildman–Crippen LogP) is 4.40. The minimum atomic E-state index is -0.521. The van der Waals surface area contributed by atoms with E-state index in [-0.39, 0.29) is 16.4 Å². The monoisotopic (exact) mass is 519 g/mol. The molecule has 0 saturated carbocycles. The molecule has 0 saturated heterocycles. The molecule has 124 valence electrons. The number of hydrogen-bond donors (Lipinski definition) is 2. The van der Waals surface area contributed by atoms with Crippen molar-refractivity contribution in [2.24, 2.45) is 0 Å². The van der Waals surface area contributed by atoms with Crippen LogP contribution in [0.3, 0.4) is 0 Å². The Bertz CT molecular complexity index is 845. The first-order valence-electron chi connectivity index (χ1n) is 6.61. The number of benzene rings is 2. The highest BCUT2D eigenvalue weighted by atomic mass is 127. The molecule has 9 heteroatoms. The van der Waals surface area contributed by atoms with Gasteiger partial charge in [0.25, 0.3) is 11.6 Å². The van der Waals surface area contributed by atoms with Crippen LogP contribution in [0.1, 0.15) is 15.9 Å². The molecule has 0 atom stereocenters. The summed E-state index contributed by atoms with van der Waals surface area (Å²) >= 11 is 10.7. The molecule has 2 rings (SSSR count). The molecule has 24 heavy (non-hydrogen) atoms. The average molecular weight is 520 g/mol. The second-order valence-electron chi connectivity index (χ2n) is 4.74. The van der Waals surface area contributed by atoms with Gasteiger partial charge in [0, 0.05) is 25.2 Å². The Labute approximate surface area is 165 Å². The van der Waals surface area contributed by atoms with Gasteiger partial charge in [-0.15, -0.1) is 0 Å². The number of rotatable bonds is 3. The van der Waals surface area contributed by atoms with Crippen LogP contribution in [0.5, 0.6) is 0 Å². The summed E-state index contributed by atoms with van der Waals surface area (Å²) in [5.41, 5.74) is 1.14. The highest BCUT2D eigenvalue weighted by Gasteiger charge is 2.18. The molecule has 2 N–H and O–H groups in total. The SMILES string of the molecule is Cc1c(C(=O)NC(=S)Nc2ccc(Br)cc2I)cccc1[N+](=O)[O-]. The van der Waals surface area contributed by atoms with Gasteiger partial charge in [-0.3, -0.25) is 20.2 Å². The van der Waals surface area contributed by atoms with Crippen LogP contribution in [0.25, 0.3) is 0 Å². The van der Waals surface area contributed by atoms with Crippen molar-refractivity contribution in [2.75, 3.05) is 5.32 Å². The molecule has 0 radical (unpaired) electrons. The zero-order chi connectivity index (χ0) is 17.9. The maximum absolute atomic E-state index is 12.3. The fourth-order valence-electron chi connectivity index (χ4n) is 1.98. The van der Waals surface area contributed by atoms with E-state index in [0.29, 0.717) is 5.56 Å². The molecule has 0 aromatic heterocycles. The Balaban J connectivity index is 2.13. The van der Waals surface area contributed by atoms with E-state index in [9.17, 15) is 14.9 Å². The molecule has 1 amide bonds. The third-order valence-electron chi connectivity index (χ3n) is 3.15. The second kappa shape index (κ2) is 7.99. The number of nitro benzene ring substituents is 1. The van der Waals surface area contributed by atoms with Gasteiger partial charge in [0.1, 0.15) is 0 Å². The van der Waals surface area contributed by atoms with Crippen molar-refractivity contribution < 1.29 is 9.72 Å². The van der Waals surface area contributed by atoms with Crippen LogP contribution in [-0.4, -0.2) is 15.9 Å². The molecular weight excluding hydrogens is 509 g/mol. The van der Waals surface area contributed by atoms with Crippen LogP contribution in [0.2, 0.25) is 0 Å². The van der Waals surface area contributed by atoms with E-state index in [4.69, 9.17) is 12.2 Å². The van der Waals surface area contributed by atoms with Gasteiger partial charge in [0.15, 0.2) is 5.11 Å². The van der Waals surface area contributed by atoms with Crippen molar-refractivity contribution in [3.05, 3.63) is 65.7 Å². The number of thiocarbonyl (C=S) groups is 1.